The lowest BCUT2D eigenvalue weighted by molar-refractivity contribution is -0.115. The van der Waals surface area contributed by atoms with E-state index in [1.165, 1.54) is 0 Å². The minimum absolute atomic E-state index is 0.496. The molecule has 1 aromatic rings. The molecule has 1 aromatic carbocycles. The van der Waals surface area contributed by atoms with E-state index >= 15 is 0 Å². The summed E-state index contributed by atoms with van der Waals surface area (Å²) in [7, 11) is 0. The Morgan fingerprint density at radius 3 is 2.54 bits per heavy atom. The molecular formula is C10H12O3. The first-order chi connectivity index (χ1) is 6.27. The lowest BCUT2D eigenvalue weighted by atomic mass is 10.1. The molecule has 1 rings (SSSR count). The summed E-state index contributed by atoms with van der Waals surface area (Å²) in [5.41, 5.74) is 0.582. The van der Waals surface area contributed by atoms with E-state index in [-0.39, 0.29) is 0 Å². The molecule has 13 heavy (non-hydrogen) atoms. The van der Waals surface area contributed by atoms with Gasteiger partial charge in [-0.05, 0) is 24.6 Å². The number of carbonyl (C=O) groups is 1. The van der Waals surface area contributed by atoms with Crippen molar-refractivity contribution in [2.75, 3.05) is 6.61 Å². The number of benzene rings is 1. The molecule has 1 N–H and O–H groups in total. The zero-order valence-corrected chi connectivity index (χ0v) is 7.43. The second-order valence-corrected chi connectivity index (χ2v) is 2.58. The van der Waals surface area contributed by atoms with Crippen LogP contribution in [0.2, 0.25) is 0 Å². The van der Waals surface area contributed by atoms with Crippen LogP contribution in [0.4, 0.5) is 0 Å². The summed E-state index contributed by atoms with van der Waals surface area (Å²) >= 11 is 0. The third kappa shape index (κ3) is 2.56. The van der Waals surface area contributed by atoms with Crippen LogP contribution in [0.1, 0.15) is 18.6 Å². The Morgan fingerprint density at radius 1 is 1.46 bits per heavy atom. The van der Waals surface area contributed by atoms with Crippen molar-refractivity contribution >= 4 is 6.29 Å². The third-order valence-corrected chi connectivity index (χ3v) is 1.66. The number of hydrogen-bond donors (Lipinski definition) is 1. The van der Waals surface area contributed by atoms with Crippen LogP contribution < -0.4 is 4.74 Å². The van der Waals surface area contributed by atoms with Crippen molar-refractivity contribution in [3.63, 3.8) is 0 Å². The van der Waals surface area contributed by atoms with E-state index in [1.54, 1.807) is 24.3 Å². The maximum atomic E-state index is 10.2. The fraction of sp³-hybridized carbons (Fsp3) is 0.300. The van der Waals surface area contributed by atoms with Crippen molar-refractivity contribution in [1.29, 1.82) is 0 Å². The molecule has 0 radical (unpaired) electrons. The van der Waals surface area contributed by atoms with Crippen molar-refractivity contribution in [3.8, 4) is 5.75 Å². The van der Waals surface area contributed by atoms with Crippen molar-refractivity contribution < 1.29 is 14.6 Å². The molecule has 0 spiro atoms. The highest BCUT2D eigenvalue weighted by molar-refractivity contribution is 5.59. The molecule has 0 aliphatic carbocycles. The summed E-state index contributed by atoms with van der Waals surface area (Å²) in [5, 5.41) is 9.14. The number of aliphatic hydroxyl groups is 1. The Balaban J connectivity index is 2.74. The number of aliphatic hydroxyl groups excluding tert-OH is 1. The Bertz CT molecular complexity index is 266. The summed E-state index contributed by atoms with van der Waals surface area (Å²) in [6, 6.07) is 6.80. The third-order valence-electron chi connectivity index (χ3n) is 1.66. The Labute approximate surface area is 77.0 Å². The van der Waals surface area contributed by atoms with Gasteiger partial charge in [0.15, 0.2) is 6.29 Å². The smallest absolute Gasteiger partial charge is 0.153 e. The zero-order chi connectivity index (χ0) is 9.68. The number of hydrogen-bond acceptors (Lipinski definition) is 3. The fourth-order valence-electron chi connectivity index (χ4n) is 1.01. The standard InChI is InChI=1S/C10H12O3/c1-2-13-9-5-3-8(4-6-9)10(12)7-11/h3-7,10,12H,2H2,1H3. The van der Waals surface area contributed by atoms with Crippen LogP contribution >= 0.6 is 0 Å². The van der Waals surface area contributed by atoms with Gasteiger partial charge in [-0.15, -0.1) is 0 Å². The van der Waals surface area contributed by atoms with Crippen LogP contribution in [0.3, 0.4) is 0 Å². The van der Waals surface area contributed by atoms with Crippen LogP contribution in [0.5, 0.6) is 5.75 Å². The van der Waals surface area contributed by atoms with Crippen molar-refractivity contribution in [2.45, 2.75) is 13.0 Å². The minimum atomic E-state index is -1.03. The molecule has 0 bridgehead atoms. The first-order valence-electron chi connectivity index (χ1n) is 4.14. The second kappa shape index (κ2) is 4.62. The second-order valence-electron chi connectivity index (χ2n) is 2.58. The van der Waals surface area contributed by atoms with E-state index in [1.807, 2.05) is 6.92 Å². The molecule has 0 aliphatic rings. The van der Waals surface area contributed by atoms with Gasteiger partial charge in [0, 0.05) is 0 Å². The van der Waals surface area contributed by atoms with E-state index in [0.29, 0.717) is 18.5 Å². The van der Waals surface area contributed by atoms with Crippen LogP contribution in [-0.4, -0.2) is 18.0 Å². The first-order valence-corrected chi connectivity index (χ1v) is 4.14. The Morgan fingerprint density at radius 2 is 2.08 bits per heavy atom. The maximum absolute atomic E-state index is 10.2. The highest BCUT2D eigenvalue weighted by Crippen LogP contribution is 2.16. The summed E-state index contributed by atoms with van der Waals surface area (Å²) in [4.78, 5) is 10.2. The minimum Gasteiger partial charge on any atom is -0.494 e. The van der Waals surface area contributed by atoms with Crippen molar-refractivity contribution in [1.82, 2.24) is 0 Å². The fourth-order valence-corrected chi connectivity index (χ4v) is 1.01. The van der Waals surface area contributed by atoms with Crippen LogP contribution in [0.25, 0.3) is 0 Å². The van der Waals surface area contributed by atoms with Gasteiger partial charge < -0.3 is 14.6 Å². The van der Waals surface area contributed by atoms with E-state index in [0.717, 1.165) is 5.75 Å². The number of carbonyl (C=O) groups excluding carboxylic acids is 1. The monoisotopic (exact) mass is 180 g/mol. The van der Waals surface area contributed by atoms with Crippen molar-refractivity contribution in [2.24, 2.45) is 0 Å². The average Bonchev–Trinajstić information content (AvgIpc) is 2.18. The molecule has 0 aliphatic heterocycles. The number of aldehydes is 1. The van der Waals surface area contributed by atoms with Crippen molar-refractivity contribution in [3.05, 3.63) is 29.8 Å². The molecule has 0 amide bonds. The lowest BCUT2D eigenvalue weighted by Crippen LogP contribution is -1.98. The molecule has 3 heteroatoms. The molecule has 0 saturated carbocycles. The highest BCUT2D eigenvalue weighted by atomic mass is 16.5. The Hall–Kier alpha value is -1.35. The van der Waals surface area contributed by atoms with Crippen LogP contribution in [0.15, 0.2) is 24.3 Å². The van der Waals surface area contributed by atoms with E-state index in [9.17, 15) is 4.79 Å². The molecule has 1 atom stereocenters. The molecule has 0 aromatic heterocycles. The summed E-state index contributed by atoms with van der Waals surface area (Å²) in [6.45, 7) is 2.50. The molecule has 3 nitrogen and oxygen atoms in total. The maximum Gasteiger partial charge on any atom is 0.153 e. The normalized spacial score (nSPS) is 12.2. The van der Waals surface area contributed by atoms with Gasteiger partial charge in [-0.2, -0.15) is 0 Å². The average molecular weight is 180 g/mol. The van der Waals surface area contributed by atoms with Gasteiger partial charge in [-0.3, -0.25) is 0 Å². The molecule has 0 saturated heterocycles. The largest absolute Gasteiger partial charge is 0.494 e. The SMILES string of the molecule is CCOc1ccc(C(O)C=O)cc1. The van der Waals surface area contributed by atoms with E-state index in [2.05, 4.69) is 0 Å². The van der Waals surface area contributed by atoms with Gasteiger partial charge in [0.2, 0.25) is 0 Å². The van der Waals surface area contributed by atoms with Gasteiger partial charge in [0.1, 0.15) is 11.9 Å². The van der Waals surface area contributed by atoms with Crippen LogP contribution in [0, 0.1) is 0 Å². The number of rotatable bonds is 4. The van der Waals surface area contributed by atoms with Gasteiger partial charge in [-0.1, -0.05) is 12.1 Å². The molecule has 70 valence electrons. The quantitative estimate of drug-likeness (QED) is 0.711. The summed E-state index contributed by atoms with van der Waals surface area (Å²) in [6.07, 6.45) is -0.536. The Kier molecular flexibility index (Phi) is 3.46. The van der Waals surface area contributed by atoms with Gasteiger partial charge in [-0.25, -0.2) is 0 Å². The molecule has 0 fully saturated rings. The van der Waals surface area contributed by atoms with Gasteiger partial charge in [0.25, 0.3) is 0 Å². The zero-order valence-electron chi connectivity index (χ0n) is 7.43. The molecule has 0 heterocycles. The molecule has 1 unspecified atom stereocenters. The highest BCUT2D eigenvalue weighted by Gasteiger charge is 2.04. The lowest BCUT2D eigenvalue weighted by Gasteiger charge is -2.05. The predicted octanol–water partition coefficient (Wildman–Crippen LogP) is 1.32. The van der Waals surface area contributed by atoms with E-state index < -0.39 is 6.10 Å². The van der Waals surface area contributed by atoms with Gasteiger partial charge >= 0.3 is 0 Å². The van der Waals surface area contributed by atoms with Gasteiger partial charge in [0.05, 0.1) is 6.61 Å². The predicted molar refractivity (Wildman–Crippen MR) is 48.6 cm³/mol. The molecular weight excluding hydrogens is 168 g/mol. The summed E-state index contributed by atoms with van der Waals surface area (Å²) < 4.78 is 5.20. The number of ether oxygens (including phenoxy) is 1. The first kappa shape index (κ1) is 9.74. The van der Waals surface area contributed by atoms with Crippen LogP contribution in [-0.2, 0) is 4.79 Å². The summed E-state index contributed by atoms with van der Waals surface area (Å²) in [5.74, 6) is 0.740. The van der Waals surface area contributed by atoms with E-state index in [4.69, 9.17) is 9.84 Å². The topological polar surface area (TPSA) is 46.5 Å².